The minimum Gasteiger partial charge on any atom is -0.481 e. The van der Waals surface area contributed by atoms with E-state index >= 15 is 0 Å². The number of terminal acetylenes is 1. The Kier molecular flexibility index (Phi) is 7.82. The maximum Gasteiger partial charge on any atom is 0.236 e. The zero-order valence-corrected chi connectivity index (χ0v) is 17.2. The van der Waals surface area contributed by atoms with Crippen LogP contribution >= 0.6 is 15.9 Å². The first-order chi connectivity index (χ1) is 10.1. The monoisotopic (exact) mass is 435 g/mol. The Morgan fingerprint density at radius 2 is 2.27 bits per heavy atom. The van der Waals surface area contributed by atoms with Crippen molar-refractivity contribution in [1.29, 1.82) is 0 Å². The van der Waals surface area contributed by atoms with Gasteiger partial charge in [0.2, 0.25) is 5.91 Å². The van der Waals surface area contributed by atoms with Crippen molar-refractivity contribution >= 4 is 27.5 Å². The predicted molar refractivity (Wildman–Crippen MR) is 86.9 cm³/mol. The Morgan fingerprint density at radius 1 is 1.55 bits per heavy atom. The largest absolute Gasteiger partial charge is 0.481 e. The molecular formula is C17H17BrNO2Y-. The standard InChI is InChI=1S/C17H17BrNO2.Y/c1-4-10-21-13-6-7-14(12(3)11-13)16-9-8-15(18)17(20)19(16)5-2;/h1,6-7,11,15H,5,8,10H2,2-3H3;/q-1;. The van der Waals surface area contributed by atoms with Crippen LogP contribution in [-0.4, -0.2) is 28.8 Å². The van der Waals surface area contributed by atoms with Crippen molar-refractivity contribution in [2.24, 2.45) is 0 Å². The van der Waals surface area contributed by atoms with Gasteiger partial charge >= 0.3 is 0 Å². The third kappa shape index (κ3) is 4.22. The predicted octanol–water partition coefficient (Wildman–Crippen LogP) is 3.16. The molecule has 1 aromatic rings. The van der Waals surface area contributed by atoms with E-state index < -0.39 is 0 Å². The van der Waals surface area contributed by atoms with E-state index in [4.69, 9.17) is 11.2 Å². The number of hydrogen-bond donors (Lipinski definition) is 0. The average molecular weight is 436 g/mol. The number of hydrogen-bond acceptors (Lipinski definition) is 2. The zero-order valence-electron chi connectivity index (χ0n) is 12.7. The van der Waals surface area contributed by atoms with Crippen LogP contribution in [0.3, 0.4) is 0 Å². The van der Waals surface area contributed by atoms with Crippen LogP contribution in [0.4, 0.5) is 0 Å². The van der Waals surface area contributed by atoms with Gasteiger partial charge in [-0.1, -0.05) is 35.2 Å². The Bertz CT molecular complexity index is 622. The molecule has 1 heterocycles. The minimum absolute atomic E-state index is 0. The second-order valence-electron chi connectivity index (χ2n) is 4.75. The molecule has 0 saturated carbocycles. The van der Waals surface area contributed by atoms with E-state index in [1.807, 2.05) is 32.0 Å². The molecule has 113 valence electrons. The fraction of sp³-hybridized carbons (Fsp3) is 0.353. The molecule has 0 N–H and O–H groups in total. The number of alkyl halides is 1. The summed E-state index contributed by atoms with van der Waals surface area (Å²) in [6, 6.07) is 5.75. The summed E-state index contributed by atoms with van der Waals surface area (Å²) < 4.78 is 5.42. The molecule has 3 nitrogen and oxygen atoms in total. The van der Waals surface area contributed by atoms with Crippen LogP contribution in [0.5, 0.6) is 5.75 Å². The van der Waals surface area contributed by atoms with Crippen molar-refractivity contribution in [2.45, 2.75) is 25.1 Å². The molecule has 5 heteroatoms. The molecule has 1 atom stereocenters. The molecule has 1 unspecified atom stereocenters. The van der Waals surface area contributed by atoms with Gasteiger partial charge in [0.1, 0.15) is 12.4 Å². The summed E-state index contributed by atoms with van der Waals surface area (Å²) in [4.78, 5) is 13.8. The number of carbonyl (C=O) groups is 1. The van der Waals surface area contributed by atoms with Gasteiger partial charge in [-0.25, -0.2) is 6.08 Å². The summed E-state index contributed by atoms with van der Waals surface area (Å²) in [6.07, 6.45) is 9.09. The molecule has 0 spiro atoms. The van der Waals surface area contributed by atoms with Crippen LogP contribution in [0.2, 0.25) is 0 Å². The number of halogens is 1. The molecule has 0 aromatic heterocycles. The number of rotatable bonds is 4. The van der Waals surface area contributed by atoms with Crippen LogP contribution in [0.15, 0.2) is 18.2 Å². The quantitative estimate of drug-likeness (QED) is 0.413. The van der Waals surface area contributed by atoms with Gasteiger partial charge in [-0.15, -0.1) is 29.3 Å². The van der Waals surface area contributed by atoms with Crippen LogP contribution in [0, 0.1) is 25.3 Å². The van der Waals surface area contributed by atoms with Crippen LogP contribution in [0.25, 0.3) is 5.70 Å². The number of allylic oxidation sites excluding steroid dienone is 1. The van der Waals surface area contributed by atoms with Crippen molar-refractivity contribution in [3.63, 3.8) is 0 Å². The first-order valence-corrected chi connectivity index (χ1v) is 7.73. The van der Waals surface area contributed by atoms with E-state index in [-0.39, 0.29) is 50.1 Å². The molecule has 1 aliphatic heterocycles. The molecule has 2 rings (SSSR count). The van der Waals surface area contributed by atoms with Crippen molar-refractivity contribution in [3.05, 3.63) is 35.4 Å². The first kappa shape index (κ1) is 19.4. The second-order valence-corrected chi connectivity index (χ2v) is 5.85. The number of benzene rings is 1. The molecule has 1 aliphatic rings. The van der Waals surface area contributed by atoms with Gasteiger partial charge in [-0.05, 0) is 19.1 Å². The Balaban J connectivity index is 0.00000242. The fourth-order valence-corrected chi connectivity index (χ4v) is 2.73. The van der Waals surface area contributed by atoms with E-state index in [0.29, 0.717) is 13.0 Å². The average Bonchev–Trinajstić information content (AvgIpc) is 2.48. The van der Waals surface area contributed by atoms with Gasteiger partial charge in [0.05, 0.1) is 4.83 Å². The molecule has 0 bridgehead atoms. The summed E-state index contributed by atoms with van der Waals surface area (Å²) in [6.45, 7) is 4.83. The maximum absolute atomic E-state index is 12.2. The van der Waals surface area contributed by atoms with Crippen LogP contribution in [-0.2, 0) is 37.5 Å². The van der Waals surface area contributed by atoms with E-state index in [1.54, 1.807) is 4.90 Å². The zero-order chi connectivity index (χ0) is 15.4. The second kappa shape index (κ2) is 8.86. The molecule has 1 aromatic carbocycles. The van der Waals surface area contributed by atoms with E-state index in [0.717, 1.165) is 22.6 Å². The van der Waals surface area contributed by atoms with Crippen LogP contribution in [0.1, 0.15) is 24.5 Å². The molecule has 1 amide bonds. The van der Waals surface area contributed by atoms with Gasteiger partial charge in [-0.2, -0.15) is 0 Å². The molecule has 22 heavy (non-hydrogen) atoms. The number of nitrogens with zero attached hydrogens (tertiary/aromatic N) is 1. The first-order valence-electron chi connectivity index (χ1n) is 6.82. The maximum atomic E-state index is 12.2. The van der Waals surface area contributed by atoms with E-state index in [9.17, 15) is 4.79 Å². The van der Waals surface area contributed by atoms with Gasteiger partial charge in [0.15, 0.2) is 0 Å². The van der Waals surface area contributed by atoms with Crippen molar-refractivity contribution in [2.75, 3.05) is 13.2 Å². The Hall–Kier alpha value is -0.626. The normalized spacial score (nSPS) is 17.4. The molecule has 0 saturated heterocycles. The summed E-state index contributed by atoms with van der Waals surface area (Å²) >= 11 is 3.39. The third-order valence-corrected chi connectivity index (χ3v) is 4.06. The fourth-order valence-electron chi connectivity index (χ4n) is 2.32. The van der Waals surface area contributed by atoms with Crippen LogP contribution < -0.4 is 4.74 Å². The minimum atomic E-state index is -0.181. The van der Waals surface area contributed by atoms with Crippen molar-refractivity contribution in [3.8, 4) is 18.1 Å². The van der Waals surface area contributed by atoms with E-state index in [2.05, 4.69) is 27.9 Å². The summed E-state index contributed by atoms with van der Waals surface area (Å²) in [7, 11) is 0. The number of amides is 1. The van der Waals surface area contributed by atoms with Gasteiger partial charge in [0.25, 0.3) is 0 Å². The molecule has 0 aliphatic carbocycles. The summed E-state index contributed by atoms with van der Waals surface area (Å²) in [5.41, 5.74) is 2.88. The Labute approximate surface area is 165 Å². The van der Waals surface area contributed by atoms with Crippen molar-refractivity contribution < 1.29 is 42.2 Å². The van der Waals surface area contributed by atoms with Gasteiger partial charge in [0, 0.05) is 39.3 Å². The summed E-state index contributed by atoms with van der Waals surface area (Å²) in [5, 5.41) is 0. The SMILES string of the molecule is C#CCOc1ccc(C2=[C-]CC(Br)C(=O)N2CC)c(C)c1.[Y]. The van der Waals surface area contributed by atoms with Gasteiger partial charge < -0.3 is 9.64 Å². The number of ether oxygens (including phenoxy) is 1. The molecule has 1 radical (unpaired) electrons. The van der Waals surface area contributed by atoms with Crippen molar-refractivity contribution in [1.82, 2.24) is 4.90 Å². The Morgan fingerprint density at radius 3 is 2.86 bits per heavy atom. The molecular weight excluding hydrogens is 419 g/mol. The van der Waals surface area contributed by atoms with E-state index in [1.165, 1.54) is 0 Å². The molecule has 0 fully saturated rings. The van der Waals surface area contributed by atoms with Gasteiger partial charge in [-0.3, -0.25) is 4.79 Å². The summed E-state index contributed by atoms with van der Waals surface area (Å²) in [5.74, 6) is 3.26. The topological polar surface area (TPSA) is 29.5 Å². The number of aryl methyl sites for hydroxylation is 1. The number of carbonyl (C=O) groups excluding carboxylic acids is 1. The smallest absolute Gasteiger partial charge is 0.236 e. The third-order valence-electron chi connectivity index (χ3n) is 3.34.